The van der Waals surface area contributed by atoms with E-state index in [1.807, 2.05) is 0 Å². The van der Waals surface area contributed by atoms with Crippen molar-refractivity contribution in [3.63, 3.8) is 0 Å². The third kappa shape index (κ3) is 4.04. The molecule has 0 spiro atoms. The number of benzene rings is 1. The lowest BCUT2D eigenvalue weighted by Gasteiger charge is -2.26. The highest BCUT2D eigenvalue weighted by molar-refractivity contribution is 7.15. The van der Waals surface area contributed by atoms with Crippen molar-refractivity contribution in [1.82, 2.24) is 9.88 Å². The molecular weight excluding hydrogens is 385 g/mol. The maximum Gasteiger partial charge on any atom is 0.260 e. The Morgan fingerprint density at radius 3 is 2.86 bits per heavy atom. The van der Waals surface area contributed by atoms with E-state index in [2.05, 4.69) is 10.3 Å². The standard InChI is InChI=1S/C19H16FN3O4S/c20-13-1-3-14(4-2-13)27-11-17(24)23-7-5-15-16(9-23)28-19(21-15)22-18(25)12-6-8-26-10-12/h1-4,6,8,10H,5,7,9,11H2,(H,21,22,25). The Bertz CT molecular complexity index is 985. The van der Waals surface area contributed by atoms with Crippen LogP contribution in [0.5, 0.6) is 5.75 Å². The van der Waals surface area contributed by atoms with E-state index in [-0.39, 0.29) is 24.2 Å². The zero-order valence-corrected chi connectivity index (χ0v) is 15.5. The summed E-state index contributed by atoms with van der Waals surface area (Å²) < 4.78 is 23.2. The number of amides is 2. The van der Waals surface area contributed by atoms with Crippen molar-refractivity contribution >= 4 is 28.3 Å². The van der Waals surface area contributed by atoms with Crippen LogP contribution in [0.15, 0.2) is 47.3 Å². The lowest BCUT2D eigenvalue weighted by Crippen LogP contribution is -2.38. The minimum atomic E-state index is -0.358. The SMILES string of the molecule is O=C(Nc1nc2c(s1)CN(C(=O)COc1ccc(F)cc1)CC2)c1ccoc1. The van der Waals surface area contributed by atoms with E-state index in [9.17, 15) is 14.0 Å². The topological polar surface area (TPSA) is 84.7 Å². The van der Waals surface area contributed by atoms with E-state index in [0.717, 1.165) is 10.6 Å². The Labute approximate surface area is 163 Å². The number of carbonyl (C=O) groups is 2. The summed E-state index contributed by atoms with van der Waals surface area (Å²) in [5.41, 5.74) is 1.30. The highest BCUT2D eigenvalue weighted by atomic mass is 32.1. The Balaban J connectivity index is 1.35. The first kappa shape index (κ1) is 18.2. The third-order valence-electron chi connectivity index (χ3n) is 4.26. The third-order valence-corrected chi connectivity index (χ3v) is 5.26. The highest BCUT2D eigenvalue weighted by Gasteiger charge is 2.25. The summed E-state index contributed by atoms with van der Waals surface area (Å²) in [6.45, 7) is 0.821. The molecule has 0 saturated heterocycles. The number of ether oxygens (including phenoxy) is 1. The first-order chi connectivity index (χ1) is 13.6. The van der Waals surface area contributed by atoms with E-state index in [4.69, 9.17) is 9.15 Å². The quantitative estimate of drug-likeness (QED) is 0.710. The number of aromatic nitrogens is 1. The maximum absolute atomic E-state index is 12.9. The number of carbonyl (C=O) groups excluding carboxylic acids is 2. The van der Waals surface area contributed by atoms with Crippen molar-refractivity contribution in [2.24, 2.45) is 0 Å². The molecule has 0 saturated carbocycles. The second-order valence-corrected chi connectivity index (χ2v) is 7.25. The van der Waals surface area contributed by atoms with E-state index in [1.54, 1.807) is 11.0 Å². The van der Waals surface area contributed by atoms with Crippen LogP contribution in [0.1, 0.15) is 20.9 Å². The number of fused-ring (bicyclic) bond motifs is 1. The van der Waals surface area contributed by atoms with Gasteiger partial charge in [0.05, 0.1) is 24.1 Å². The number of anilines is 1. The van der Waals surface area contributed by atoms with Gasteiger partial charge in [-0.15, -0.1) is 0 Å². The predicted molar refractivity (Wildman–Crippen MR) is 99.8 cm³/mol. The maximum atomic E-state index is 12.9. The van der Waals surface area contributed by atoms with Crippen molar-refractivity contribution in [3.05, 3.63) is 64.8 Å². The van der Waals surface area contributed by atoms with Crippen LogP contribution in [0.25, 0.3) is 0 Å². The molecule has 1 aliphatic rings. The zero-order chi connectivity index (χ0) is 19.5. The fraction of sp³-hybridized carbons (Fsp3) is 0.211. The normalized spacial score (nSPS) is 13.1. The number of nitrogens with one attached hydrogen (secondary N) is 1. The van der Waals surface area contributed by atoms with Crippen LogP contribution in [-0.2, 0) is 17.8 Å². The van der Waals surface area contributed by atoms with Crippen LogP contribution in [-0.4, -0.2) is 34.8 Å². The first-order valence-electron chi connectivity index (χ1n) is 8.57. The van der Waals surface area contributed by atoms with Gasteiger partial charge in [-0.3, -0.25) is 14.9 Å². The summed E-state index contributed by atoms with van der Waals surface area (Å²) >= 11 is 1.35. The number of hydrogen-bond acceptors (Lipinski definition) is 6. The van der Waals surface area contributed by atoms with Crippen LogP contribution < -0.4 is 10.1 Å². The van der Waals surface area contributed by atoms with Gasteiger partial charge in [0.1, 0.15) is 17.8 Å². The smallest absolute Gasteiger partial charge is 0.260 e. The lowest BCUT2D eigenvalue weighted by molar-refractivity contribution is -0.134. The molecule has 0 atom stereocenters. The molecule has 4 rings (SSSR count). The van der Waals surface area contributed by atoms with Gasteiger partial charge in [0, 0.05) is 17.8 Å². The van der Waals surface area contributed by atoms with E-state index in [0.29, 0.717) is 36.0 Å². The van der Waals surface area contributed by atoms with Crippen LogP contribution in [0.3, 0.4) is 0 Å². The van der Waals surface area contributed by atoms with E-state index >= 15 is 0 Å². The molecule has 0 fully saturated rings. The molecule has 1 aliphatic heterocycles. The lowest BCUT2D eigenvalue weighted by atomic mass is 10.2. The largest absolute Gasteiger partial charge is 0.484 e. The van der Waals surface area contributed by atoms with Crippen LogP contribution in [0, 0.1) is 5.82 Å². The molecule has 2 amide bonds. The van der Waals surface area contributed by atoms with Gasteiger partial charge < -0.3 is 14.1 Å². The van der Waals surface area contributed by atoms with Crippen molar-refractivity contribution in [3.8, 4) is 5.75 Å². The molecular formula is C19H16FN3O4S. The number of nitrogens with zero attached hydrogens (tertiary/aromatic N) is 2. The molecule has 1 aromatic carbocycles. The summed E-state index contributed by atoms with van der Waals surface area (Å²) in [6.07, 6.45) is 3.40. The van der Waals surface area contributed by atoms with Crippen molar-refractivity contribution in [2.75, 3.05) is 18.5 Å². The second kappa shape index (κ2) is 7.81. The van der Waals surface area contributed by atoms with Gasteiger partial charge in [0.15, 0.2) is 11.7 Å². The minimum absolute atomic E-state index is 0.121. The zero-order valence-electron chi connectivity index (χ0n) is 14.7. The van der Waals surface area contributed by atoms with Gasteiger partial charge in [0.2, 0.25) is 0 Å². The highest BCUT2D eigenvalue weighted by Crippen LogP contribution is 2.28. The molecule has 0 aliphatic carbocycles. The first-order valence-corrected chi connectivity index (χ1v) is 9.38. The second-order valence-electron chi connectivity index (χ2n) is 6.16. The average molecular weight is 401 g/mol. The van der Waals surface area contributed by atoms with Gasteiger partial charge in [0.25, 0.3) is 11.8 Å². The molecule has 144 valence electrons. The number of hydrogen-bond donors (Lipinski definition) is 1. The molecule has 7 nitrogen and oxygen atoms in total. The summed E-state index contributed by atoms with van der Waals surface area (Å²) in [7, 11) is 0. The van der Waals surface area contributed by atoms with Crippen LogP contribution in [0.2, 0.25) is 0 Å². The number of thiazole rings is 1. The summed E-state index contributed by atoms with van der Waals surface area (Å²) in [6, 6.07) is 7.10. The number of halogens is 1. The Kier molecular flexibility index (Phi) is 5.07. The Hall–Kier alpha value is -3.20. The number of rotatable bonds is 5. The van der Waals surface area contributed by atoms with Crippen LogP contribution in [0.4, 0.5) is 9.52 Å². The molecule has 9 heteroatoms. The summed E-state index contributed by atoms with van der Waals surface area (Å²) in [4.78, 5) is 31.6. The van der Waals surface area contributed by atoms with Gasteiger partial charge in [-0.2, -0.15) is 0 Å². The van der Waals surface area contributed by atoms with Gasteiger partial charge >= 0.3 is 0 Å². The molecule has 3 heterocycles. The molecule has 0 unspecified atom stereocenters. The molecule has 28 heavy (non-hydrogen) atoms. The van der Waals surface area contributed by atoms with Crippen molar-refractivity contribution < 1.29 is 23.1 Å². The predicted octanol–water partition coefficient (Wildman–Crippen LogP) is 3.09. The minimum Gasteiger partial charge on any atom is -0.484 e. The molecule has 2 aromatic heterocycles. The van der Waals surface area contributed by atoms with Gasteiger partial charge in [-0.25, -0.2) is 9.37 Å². The fourth-order valence-corrected chi connectivity index (χ4v) is 3.81. The van der Waals surface area contributed by atoms with Gasteiger partial charge in [-0.1, -0.05) is 11.3 Å². The molecule has 0 radical (unpaired) electrons. The van der Waals surface area contributed by atoms with Crippen molar-refractivity contribution in [1.29, 1.82) is 0 Å². The monoisotopic (exact) mass is 401 g/mol. The van der Waals surface area contributed by atoms with Gasteiger partial charge in [-0.05, 0) is 30.3 Å². The Morgan fingerprint density at radius 1 is 1.29 bits per heavy atom. The molecule has 1 N–H and O–H groups in total. The molecule has 0 bridgehead atoms. The summed E-state index contributed by atoms with van der Waals surface area (Å²) in [5, 5.41) is 3.24. The summed E-state index contributed by atoms with van der Waals surface area (Å²) in [5.74, 6) is -0.370. The number of furan rings is 1. The van der Waals surface area contributed by atoms with E-state index in [1.165, 1.54) is 48.1 Å². The fourth-order valence-electron chi connectivity index (χ4n) is 2.79. The molecule has 3 aromatic rings. The van der Waals surface area contributed by atoms with Crippen molar-refractivity contribution in [2.45, 2.75) is 13.0 Å². The Morgan fingerprint density at radius 2 is 2.11 bits per heavy atom. The van der Waals surface area contributed by atoms with E-state index < -0.39 is 0 Å². The average Bonchev–Trinajstić information content (AvgIpc) is 3.36. The van der Waals surface area contributed by atoms with Crippen LogP contribution >= 0.6 is 11.3 Å².